The van der Waals surface area contributed by atoms with Crippen LogP contribution in [0.4, 0.5) is 4.79 Å². The van der Waals surface area contributed by atoms with Crippen LogP contribution in [0.5, 0.6) is 0 Å². The molecule has 0 radical (unpaired) electrons. The van der Waals surface area contributed by atoms with Crippen molar-refractivity contribution in [3.8, 4) is 0 Å². The van der Waals surface area contributed by atoms with E-state index >= 15 is 0 Å². The predicted octanol–water partition coefficient (Wildman–Crippen LogP) is 2.62. The summed E-state index contributed by atoms with van der Waals surface area (Å²) in [5.74, 6) is 0.163. The molecule has 6 nitrogen and oxygen atoms in total. The highest BCUT2D eigenvalue weighted by Gasteiger charge is 2.31. The molecule has 0 aromatic carbocycles. The quantitative estimate of drug-likeness (QED) is 0.807. The van der Waals surface area contributed by atoms with Gasteiger partial charge in [-0.05, 0) is 60.9 Å². The Kier molecular flexibility index (Phi) is 8.00. The van der Waals surface area contributed by atoms with E-state index in [9.17, 15) is 9.59 Å². The molecule has 1 heterocycles. The predicted molar refractivity (Wildman–Crippen MR) is 96.0 cm³/mol. The maximum atomic E-state index is 12.4. The van der Waals surface area contributed by atoms with Crippen LogP contribution in [0.25, 0.3) is 0 Å². The number of carbonyl (C=O) groups is 2. The zero-order chi connectivity index (χ0) is 18.3. The third-order valence-corrected chi connectivity index (χ3v) is 4.44. The number of amides is 2. The summed E-state index contributed by atoms with van der Waals surface area (Å²) in [6.07, 6.45) is 2.82. The highest BCUT2D eigenvalue weighted by molar-refractivity contribution is 5.78. The van der Waals surface area contributed by atoms with Crippen molar-refractivity contribution >= 4 is 12.0 Å². The van der Waals surface area contributed by atoms with Crippen molar-refractivity contribution in [2.45, 2.75) is 78.5 Å². The van der Waals surface area contributed by atoms with E-state index in [0.29, 0.717) is 6.54 Å². The summed E-state index contributed by atoms with van der Waals surface area (Å²) in [7, 11) is 0. The molecule has 1 N–H and O–H groups in total. The van der Waals surface area contributed by atoms with Gasteiger partial charge >= 0.3 is 6.09 Å². The molecule has 0 spiro atoms. The molecule has 1 aliphatic rings. The van der Waals surface area contributed by atoms with Crippen LogP contribution in [0, 0.1) is 0 Å². The molecule has 0 aromatic rings. The second kappa shape index (κ2) is 9.25. The minimum Gasteiger partial charge on any atom is -0.444 e. The molecule has 2 unspecified atom stereocenters. The van der Waals surface area contributed by atoms with Crippen LogP contribution < -0.4 is 5.32 Å². The van der Waals surface area contributed by atoms with E-state index in [0.717, 1.165) is 38.9 Å². The number of piperidine rings is 1. The average molecular weight is 341 g/mol. The van der Waals surface area contributed by atoms with E-state index in [1.54, 1.807) is 0 Å². The Labute approximate surface area is 146 Å². The third-order valence-electron chi connectivity index (χ3n) is 4.44. The van der Waals surface area contributed by atoms with Crippen LogP contribution in [0.2, 0.25) is 0 Å². The Morgan fingerprint density at radius 2 is 1.88 bits per heavy atom. The van der Waals surface area contributed by atoms with Gasteiger partial charge in [0.25, 0.3) is 0 Å². The Morgan fingerprint density at radius 1 is 1.25 bits per heavy atom. The van der Waals surface area contributed by atoms with E-state index in [1.165, 1.54) is 0 Å². The minimum absolute atomic E-state index is 0.0512. The maximum absolute atomic E-state index is 12.4. The Morgan fingerprint density at radius 3 is 2.42 bits per heavy atom. The Balaban J connectivity index is 2.65. The van der Waals surface area contributed by atoms with Gasteiger partial charge in [-0.2, -0.15) is 0 Å². The van der Waals surface area contributed by atoms with Gasteiger partial charge in [0, 0.05) is 25.2 Å². The molecule has 24 heavy (non-hydrogen) atoms. The number of likely N-dealkylation sites (tertiary alicyclic amines) is 1. The van der Waals surface area contributed by atoms with Crippen molar-refractivity contribution in [3.05, 3.63) is 0 Å². The van der Waals surface area contributed by atoms with E-state index in [2.05, 4.69) is 10.2 Å². The summed E-state index contributed by atoms with van der Waals surface area (Å²) in [6, 6.07) is 0.121. The van der Waals surface area contributed by atoms with Gasteiger partial charge in [-0.1, -0.05) is 6.42 Å². The first-order valence-electron chi connectivity index (χ1n) is 9.19. The van der Waals surface area contributed by atoms with Crippen molar-refractivity contribution in [2.75, 3.05) is 26.2 Å². The smallest absolute Gasteiger partial charge is 0.407 e. The van der Waals surface area contributed by atoms with Gasteiger partial charge in [0.15, 0.2) is 0 Å². The van der Waals surface area contributed by atoms with Gasteiger partial charge in [-0.25, -0.2) is 4.79 Å². The number of alkyl carbamates (subject to hydrolysis) is 1. The molecule has 0 aliphatic carbocycles. The van der Waals surface area contributed by atoms with Gasteiger partial charge in [0.2, 0.25) is 5.91 Å². The molecule has 0 aromatic heterocycles. The van der Waals surface area contributed by atoms with Crippen LogP contribution in [-0.4, -0.2) is 65.7 Å². The Hall–Kier alpha value is -1.30. The lowest BCUT2D eigenvalue weighted by molar-refractivity contribution is -0.133. The van der Waals surface area contributed by atoms with Gasteiger partial charge in [0.05, 0.1) is 6.54 Å². The summed E-state index contributed by atoms with van der Waals surface area (Å²) in [5, 5.41) is 2.94. The molecule has 1 fully saturated rings. The summed E-state index contributed by atoms with van der Waals surface area (Å²) in [5.41, 5.74) is -0.505. The van der Waals surface area contributed by atoms with Crippen LogP contribution in [0.3, 0.4) is 0 Å². The monoisotopic (exact) mass is 341 g/mol. The standard InChI is InChI=1S/C18H35N3O3/c1-7-20(8-2)16(22)13-21-12-10-9-11-15(21)14(3)19-17(23)24-18(4,5)6/h14-15H,7-13H2,1-6H3,(H,19,23). The lowest BCUT2D eigenvalue weighted by atomic mass is 9.96. The number of hydrogen-bond donors (Lipinski definition) is 1. The lowest BCUT2D eigenvalue weighted by Gasteiger charge is -2.39. The zero-order valence-electron chi connectivity index (χ0n) is 16.2. The van der Waals surface area contributed by atoms with Gasteiger partial charge < -0.3 is 15.0 Å². The van der Waals surface area contributed by atoms with E-state index in [1.807, 2.05) is 46.4 Å². The maximum Gasteiger partial charge on any atom is 0.407 e. The number of nitrogens with one attached hydrogen (secondary N) is 1. The average Bonchev–Trinajstić information content (AvgIpc) is 2.46. The van der Waals surface area contributed by atoms with Crippen molar-refractivity contribution in [1.29, 1.82) is 0 Å². The number of likely N-dealkylation sites (N-methyl/N-ethyl adjacent to an activating group) is 1. The zero-order valence-corrected chi connectivity index (χ0v) is 16.2. The molecule has 1 aliphatic heterocycles. The fraction of sp³-hybridized carbons (Fsp3) is 0.889. The van der Waals surface area contributed by atoms with E-state index in [4.69, 9.17) is 4.74 Å². The molecular formula is C18H35N3O3. The van der Waals surface area contributed by atoms with Crippen molar-refractivity contribution in [1.82, 2.24) is 15.1 Å². The third kappa shape index (κ3) is 6.67. The molecule has 1 saturated heterocycles. The highest BCUT2D eigenvalue weighted by atomic mass is 16.6. The topological polar surface area (TPSA) is 61.9 Å². The normalized spacial score (nSPS) is 20.3. The van der Waals surface area contributed by atoms with Gasteiger partial charge in [-0.3, -0.25) is 9.69 Å². The molecule has 0 bridgehead atoms. The fourth-order valence-electron chi connectivity index (χ4n) is 3.22. The molecule has 140 valence electrons. The molecule has 0 saturated carbocycles. The fourth-order valence-corrected chi connectivity index (χ4v) is 3.22. The first-order valence-corrected chi connectivity index (χ1v) is 9.19. The largest absolute Gasteiger partial charge is 0.444 e. The van der Waals surface area contributed by atoms with Crippen molar-refractivity contribution in [3.63, 3.8) is 0 Å². The summed E-state index contributed by atoms with van der Waals surface area (Å²) in [6.45, 7) is 14.4. The summed E-state index contributed by atoms with van der Waals surface area (Å²) >= 11 is 0. The number of rotatable bonds is 6. The lowest BCUT2D eigenvalue weighted by Crippen LogP contribution is -2.55. The van der Waals surface area contributed by atoms with Crippen LogP contribution in [0.1, 0.15) is 60.8 Å². The van der Waals surface area contributed by atoms with Gasteiger partial charge in [0.1, 0.15) is 5.60 Å². The van der Waals surface area contributed by atoms with E-state index < -0.39 is 11.7 Å². The molecule has 2 amide bonds. The number of nitrogens with zero attached hydrogens (tertiary/aromatic N) is 2. The van der Waals surface area contributed by atoms with Gasteiger partial charge in [-0.15, -0.1) is 0 Å². The number of hydrogen-bond acceptors (Lipinski definition) is 4. The first-order chi connectivity index (χ1) is 11.2. The summed E-state index contributed by atoms with van der Waals surface area (Å²) in [4.78, 5) is 28.5. The molecular weight excluding hydrogens is 306 g/mol. The van der Waals surface area contributed by atoms with Crippen molar-refractivity contribution in [2.24, 2.45) is 0 Å². The first kappa shape index (κ1) is 20.7. The van der Waals surface area contributed by atoms with Crippen LogP contribution >= 0.6 is 0 Å². The van der Waals surface area contributed by atoms with Crippen LogP contribution in [-0.2, 0) is 9.53 Å². The molecule has 2 atom stereocenters. The Bertz CT molecular complexity index is 416. The SMILES string of the molecule is CCN(CC)C(=O)CN1CCCCC1C(C)NC(=O)OC(C)(C)C. The second-order valence-corrected chi connectivity index (χ2v) is 7.53. The molecule has 1 rings (SSSR count). The highest BCUT2D eigenvalue weighted by Crippen LogP contribution is 2.20. The number of carbonyl (C=O) groups excluding carboxylic acids is 2. The number of ether oxygens (including phenoxy) is 1. The molecule has 6 heteroatoms. The second-order valence-electron chi connectivity index (χ2n) is 7.53. The van der Waals surface area contributed by atoms with E-state index in [-0.39, 0.29) is 18.0 Å². The minimum atomic E-state index is -0.505. The van der Waals surface area contributed by atoms with Crippen LogP contribution in [0.15, 0.2) is 0 Å². The van der Waals surface area contributed by atoms with Crippen molar-refractivity contribution < 1.29 is 14.3 Å². The summed E-state index contributed by atoms with van der Waals surface area (Å²) < 4.78 is 5.34.